The lowest BCUT2D eigenvalue weighted by Crippen LogP contribution is -2.10. The van der Waals surface area contributed by atoms with Gasteiger partial charge in [-0.1, -0.05) is 18.5 Å². The molecule has 0 fully saturated rings. The van der Waals surface area contributed by atoms with Crippen molar-refractivity contribution < 1.29 is 0 Å². The number of hydrogen-bond donors (Lipinski definition) is 2. The summed E-state index contributed by atoms with van der Waals surface area (Å²) in [6.07, 6.45) is 4.79. The van der Waals surface area contributed by atoms with Gasteiger partial charge in [0, 0.05) is 18.0 Å². The predicted molar refractivity (Wildman–Crippen MR) is 69.7 cm³/mol. The summed E-state index contributed by atoms with van der Waals surface area (Å²) in [6, 6.07) is 1.70. The van der Waals surface area contributed by atoms with E-state index in [-0.39, 0.29) is 0 Å². The molecule has 1 rings (SSSR count). The van der Waals surface area contributed by atoms with Crippen molar-refractivity contribution in [1.29, 1.82) is 0 Å². The number of aromatic nitrogens is 1. The van der Waals surface area contributed by atoms with E-state index in [0.29, 0.717) is 21.8 Å². The average Bonchev–Trinajstić information content (AvgIpc) is 2.21. The Balaban J connectivity index is 2.44. The number of rotatable bonds is 5. The Hall–Kier alpha value is -0.610. The molecule has 0 spiro atoms. The van der Waals surface area contributed by atoms with Crippen LogP contribution in [0.2, 0.25) is 5.02 Å². The number of anilines is 2. The van der Waals surface area contributed by atoms with Crippen molar-refractivity contribution in [3.05, 3.63) is 17.3 Å². The molecule has 0 amide bonds. The van der Waals surface area contributed by atoms with E-state index in [9.17, 15) is 0 Å². The molecule has 0 saturated carbocycles. The van der Waals surface area contributed by atoms with Gasteiger partial charge in [-0.3, -0.25) is 0 Å². The minimum atomic E-state index is 0.565. The number of nitrogen functional groups attached to an aromatic ring is 1. The molecule has 0 aliphatic rings. The standard InChI is InChI=1S/C10H16ClN3S/c1-7(15-2)3-4-13-10-9(12)5-8(11)6-14-10/h5-7H,3-4,12H2,1-2H3,(H,13,14). The SMILES string of the molecule is CSC(C)CCNc1ncc(Cl)cc1N. The zero-order valence-electron chi connectivity index (χ0n) is 8.96. The number of halogens is 1. The Morgan fingerprint density at radius 3 is 3.00 bits per heavy atom. The summed E-state index contributed by atoms with van der Waals surface area (Å²) in [5.41, 5.74) is 6.35. The lowest BCUT2D eigenvalue weighted by atomic mass is 10.3. The van der Waals surface area contributed by atoms with Crippen LogP contribution in [0.3, 0.4) is 0 Å². The molecule has 1 unspecified atom stereocenters. The van der Waals surface area contributed by atoms with Crippen LogP contribution in [0.5, 0.6) is 0 Å². The van der Waals surface area contributed by atoms with Crippen LogP contribution < -0.4 is 11.1 Å². The smallest absolute Gasteiger partial charge is 0.149 e. The minimum absolute atomic E-state index is 0.565. The Morgan fingerprint density at radius 2 is 2.40 bits per heavy atom. The Morgan fingerprint density at radius 1 is 1.67 bits per heavy atom. The fourth-order valence-electron chi connectivity index (χ4n) is 1.11. The zero-order chi connectivity index (χ0) is 11.3. The molecule has 0 aliphatic heterocycles. The molecule has 1 atom stereocenters. The van der Waals surface area contributed by atoms with Crippen LogP contribution in [0.4, 0.5) is 11.5 Å². The van der Waals surface area contributed by atoms with Crippen molar-refractivity contribution in [3.63, 3.8) is 0 Å². The highest BCUT2D eigenvalue weighted by Gasteiger charge is 2.02. The molecule has 3 N–H and O–H groups in total. The first-order chi connectivity index (χ1) is 7.13. The molecular weight excluding hydrogens is 230 g/mol. The second-order valence-corrected chi connectivity index (χ2v) is 5.07. The first-order valence-electron chi connectivity index (χ1n) is 4.81. The molecule has 5 heteroatoms. The zero-order valence-corrected chi connectivity index (χ0v) is 10.5. The van der Waals surface area contributed by atoms with E-state index >= 15 is 0 Å². The number of thioether (sulfide) groups is 1. The maximum Gasteiger partial charge on any atom is 0.149 e. The van der Waals surface area contributed by atoms with Crippen LogP contribution in [0.1, 0.15) is 13.3 Å². The summed E-state index contributed by atoms with van der Waals surface area (Å²) in [5, 5.41) is 4.41. The molecule has 0 radical (unpaired) electrons. The second kappa shape index (κ2) is 6.08. The third-order valence-corrected chi connectivity index (χ3v) is 3.38. The average molecular weight is 246 g/mol. The van der Waals surface area contributed by atoms with Crippen molar-refractivity contribution in [3.8, 4) is 0 Å². The van der Waals surface area contributed by atoms with E-state index in [4.69, 9.17) is 17.3 Å². The molecule has 1 aromatic rings. The number of nitrogens with zero attached hydrogens (tertiary/aromatic N) is 1. The van der Waals surface area contributed by atoms with E-state index in [1.54, 1.807) is 12.3 Å². The first kappa shape index (κ1) is 12.5. The van der Waals surface area contributed by atoms with Gasteiger partial charge in [-0.15, -0.1) is 0 Å². The van der Waals surface area contributed by atoms with Gasteiger partial charge >= 0.3 is 0 Å². The summed E-state index contributed by atoms with van der Waals surface area (Å²) in [7, 11) is 0. The predicted octanol–water partition coefficient (Wildman–Crippen LogP) is 2.87. The highest BCUT2D eigenvalue weighted by Crippen LogP contribution is 2.19. The maximum atomic E-state index is 5.76. The van der Waals surface area contributed by atoms with Crippen molar-refractivity contribution in [2.75, 3.05) is 23.9 Å². The molecule has 0 saturated heterocycles. The molecule has 15 heavy (non-hydrogen) atoms. The summed E-state index contributed by atoms with van der Waals surface area (Å²) in [4.78, 5) is 4.13. The Kier molecular flexibility index (Phi) is 5.05. The van der Waals surface area contributed by atoms with Gasteiger partial charge < -0.3 is 11.1 Å². The molecule has 84 valence electrons. The minimum Gasteiger partial charge on any atom is -0.396 e. The summed E-state index contributed by atoms with van der Waals surface area (Å²) in [6.45, 7) is 3.08. The van der Waals surface area contributed by atoms with Gasteiger partial charge in [0.1, 0.15) is 5.82 Å². The quantitative estimate of drug-likeness (QED) is 0.838. The normalized spacial score (nSPS) is 12.5. The number of nitrogens with one attached hydrogen (secondary N) is 1. The topological polar surface area (TPSA) is 50.9 Å². The van der Waals surface area contributed by atoms with Gasteiger partial charge in [-0.05, 0) is 18.7 Å². The van der Waals surface area contributed by atoms with Gasteiger partial charge in [0.05, 0.1) is 10.7 Å². The van der Waals surface area contributed by atoms with Gasteiger partial charge in [0.15, 0.2) is 0 Å². The largest absolute Gasteiger partial charge is 0.396 e. The van der Waals surface area contributed by atoms with Gasteiger partial charge in [-0.2, -0.15) is 11.8 Å². The van der Waals surface area contributed by atoms with Crippen molar-refractivity contribution in [2.24, 2.45) is 0 Å². The van der Waals surface area contributed by atoms with E-state index in [0.717, 1.165) is 13.0 Å². The monoisotopic (exact) mass is 245 g/mol. The summed E-state index contributed by atoms with van der Waals surface area (Å²) >= 11 is 7.60. The van der Waals surface area contributed by atoms with Gasteiger partial charge in [-0.25, -0.2) is 4.98 Å². The molecule has 0 bridgehead atoms. The molecular formula is C10H16ClN3S. The third kappa shape index (κ3) is 4.18. The van der Waals surface area contributed by atoms with E-state index < -0.39 is 0 Å². The summed E-state index contributed by atoms with van der Waals surface area (Å²) in [5.74, 6) is 0.715. The van der Waals surface area contributed by atoms with E-state index in [1.165, 1.54) is 0 Å². The lowest BCUT2D eigenvalue weighted by Gasteiger charge is -2.11. The number of hydrogen-bond acceptors (Lipinski definition) is 4. The fraction of sp³-hybridized carbons (Fsp3) is 0.500. The number of nitrogens with two attached hydrogens (primary N) is 1. The number of pyridine rings is 1. The second-order valence-electron chi connectivity index (χ2n) is 3.35. The molecule has 1 aromatic heterocycles. The van der Waals surface area contributed by atoms with E-state index in [2.05, 4.69) is 23.5 Å². The molecule has 0 aromatic carbocycles. The van der Waals surface area contributed by atoms with Crippen molar-refractivity contribution in [2.45, 2.75) is 18.6 Å². The van der Waals surface area contributed by atoms with Crippen LogP contribution in [0, 0.1) is 0 Å². The van der Waals surface area contributed by atoms with E-state index in [1.807, 2.05) is 11.8 Å². The Labute approximate surface area is 99.8 Å². The molecule has 1 heterocycles. The molecule has 0 aliphatic carbocycles. The van der Waals surface area contributed by atoms with Crippen LogP contribution in [-0.2, 0) is 0 Å². The first-order valence-corrected chi connectivity index (χ1v) is 6.47. The highest BCUT2D eigenvalue weighted by molar-refractivity contribution is 7.99. The van der Waals surface area contributed by atoms with Crippen LogP contribution in [0.15, 0.2) is 12.3 Å². The Bertz CT molecular complexity index is 320. The van der Waals surface area contributed by atoms with Crippen LogP contribution in [-0.4, -0.2) is 23.0 Å². The molecule has 3 nitrogen and oxygen atoms in total. The van der Waals surface area contributed by atoms with Crippen LogP contribution >= 0.6 is 23.4 Å². The summed E-state index contributed by atoms with van der Waals surface area (Å²) < 4.78 is 0. The highest BCUT2D eigenvalue weighted by atomic mass is 35.5. The van der Waals surface area contributed by atoms with Crippen molar-refractivity contribution in [1.82, 2.24) is 4.98 Å². The van der Waals surface area contributed by atoms with Gasteiger partial charge in [0.2, 0.25) is 0 Å². The van der Waals surface area contributed by atoms with Crippen molar-refractivity contribution >= 4 is 34.9 Å². The third-order valence-electron chi connectivity index (χ3n) is 2.13. The maximum absolute atomic E-state index is 5.76. The van der Waals surface area contributed by atoms with Crippen LogP contribution in [0.25, 0.3) is 0 Å². The van der Waals surface area contributed by atoms with Gasteiger partial charge in [0.25, 0.3) is 0 Å². The fourth-order valence-corrected chi connectivity index (χ4v) is 1.63. The lowest BCUT2D eigenvalue weighted by molar-refractivity contribution is 0.850.